The number of rotatable bonds is 4. The molecule has 2 aliphatic rings. The zero-order valence-corrected chi connectivity index (χ0v) is 13.6. The normalized spacial score (nSPS) is 20.7. The first-order valence-electron chi connectivity index (χ1n) is 8.47. The van der Waals surface area contributed by atoms with Gasteiger partial charge in [-0.15, -0.1) is 0 Å². The minimum Gasteiger partial charge on any atom is -0.341 e. The molecule has 7 nitrogen and oxygen atoms in total. The maximum atomic E-state index is 4.51. The molecule has 7 heteroatoms. The van der Waals surface area contributed by atoms with Crippen molar-refractivity contribution in [1.82, 2.24) is 30.0 Å². The lowest BCUT2D eigenvalue weighted by Gasteiger charge is -2.23. The number of fused-ring (bicyclic) bond motifs is 1. The molecule has 122 valence electrons. The monoisotopic (exact) mass is 313 g/mol. The summed E-state index contributed by atoms with van der Waals surface area (Å²) >= 11 is 0. The second kappa shape index (κ2) is 6.23. The molecule has 0 bridgehead atoms. The van der Waals surface area contributed by atoms with Crippen molar-refractivity contribution >= 4 is 5.95 Å². The van der Waals surface area contributed by atoms with E-state index in [4.69, 9.17) is 0 Å². The lowest BCUT2D eigenvalue weighted by atomic mass is 10.1. The van der Waals surface area contributed by atoms with E-state index in [0.29, 0.717) is 6.04 Å². The van der Waals surface area contributed by atoms with Gasteiger partial charge in [-0.2, -0.15) is 5.10 Å². The van der Waals surface area contributed by atoms with Crippen molar-refractivity contribution in [2.45, 2.75) is 51.7 Å². The standard InChI is InChI=1S/C16H23N7/c1-12-20-15-5-4-14(11-23(15)21-12)17-8-13-9-18-16(19-10-13)22-6-2-3-7-22/h9-10,14,17H,2-8,11H2,1H3/t14-/m0/s1. The molecule has 0 saturated carbocycles. The molecule has 1 fully saturated rings. The Balaban J connectivity index is 1.32. The highest BCUT2D eigenvalue weighted by Gasteiger charge is 2.20. The van der Waals surface area contributed by atoms with Crippen molar-refractivity contribution in [3.63, 3.8) is 0 Å². The summed E-state index contributed by atoms with van der Waals surface area (Å²) < 4.78 is 2.03. The summed E-state index contributed by atoms with van der Waals surface area (Å²) in [6.07, 6.45) is 8.48. The van der Waals surface area contributed by atoms with E-state index >= 15 is 0 Å². The van der Waals surface area contributed by atoms with Crippen molar-refractivity contribution in [2.75, 3.05) is 18.0 Å². The Kier molecular flexibility index (Phi) is 3.95. The van der Waals surface area contributed by atoms with Gasteiger partial charge in [0.2, 0.25) is 5.95 Å². The highest BCUT2D eigenvalue weighted by Crippen LogP contribution is 2.16. The molecule has 1 atom stereocenters. The SMILES string of the molecule is Cc1nc2n(n1)C[C@@H](NCc1cnc(N3CCCC3)nc1)CC2. The predicted octanol–water partition coefficient (Wildman–Crippen LogP) is 1.08. The van der Waals surface area contributed by atoms with E-state index in [-0.39, 0.29) is 0 Å². The van der Waals surface area contributed by atoms with Gasteiger partial charge < -0.3 is 10.2 Å². The second-order valence-electron chi connectivity index (χ2n) is 6.46. The number of hydrogen-bond acceptors (Lipinski definition) is 6. The quantitative estimate of drug-likeness (QED) is 0.911. The third-order valence-electron chi connectivity index (χ3n) is 4.64. The van der Waals surface area contributed by atoms with Crippen LogP contribution in [0.5, 0.6) is 0 Å². The molecule has 4 rings (SSSR count). The molecular formula is C16H23N7. The lowest BCUT2D eigenvalue weighted by Crippen LogP contribution is -2.37. The van der Waals surface area contributed by atoms with Gasteiger partial charge in [-0.25, -0.2) is 19.6 Å². The molecule has 0 spiro atoms. The van der Waals surface area contributed by atoms with Crippen molar-refractivity contribution in [3.05, 3.63) is 29.6 Å². The number of aryl methyl sites for hydroxylation is 2. The topological polar surface area (TPSA) is 71.8 Å². The van der Waals surface area contributed by atoms with Crippen LogP contribution in [0.4, 0.5) is 5.95 Å². The molecule has 0 aliphatic carbocycles. The number of hydrogen-bond donors (Lipinski definition) is 1. The van der Waals surface area contributed by atoms with Crippen LogP contribution in [0.15, 0.2) is 12.4 Å². The average Bonchev–Trinajstić information content (AvgIpc) is 3.21. The third-order valence-corrected chi connectivity index (χ3v) is 4.64. The number of nitrogens with one attached hydrogen (secondary N) is 1. The average molecular weight is 313 g/mol. The van der Waals surface area contributed by atoms with Gasteiger partial charge in [-0.05, 0) is 26.2 Å². The molecule has 2 aromatic rings. The zero-order valence-electron chi connectivity index (χ0n) is 13.6. The first kappa shape index (κ1) is 14.6. The van der Waals surface area contributed by atoms with Crippen molar-refractivity contribution in [3.8, 4) is 0 Å². The van der Waals surface area contributed by atoms with E-state index in [2.05, 4.69) is 30.3 Å². The van der Waals surface area contributed by atoms with Crippen molar-refractivity contribution < 1.29 is 0 Å². The Labute approximate surface area is 136 Å². The van der Waals surface area contributed by atoms with E-state index < -0.39 is 0 Å². The Bertz CT molecular complexity index is 658. The van der Waals surface area contributed by atoms with Crippen LogP contribution in [0.3, 0.4) is 0 Å². The molecule has 2 aliphatic heterocycles. The van der Waals surface area contributed by atoms with Gasteiger partial charge in [0, 0.05) is 50.1 Å². The molecule has 0 aromatic carbocycles. The number of nitrogens with zero attached hydrogens (tertiary/aromatic N) is 6. The summed E-state index contributed by atoms with van der Waals surface area (Å²) in [5.74, 6) is 2.84. The Hall–Kier alpha value is -2.02. The van der Waals surface area contributed by atoms with Gasteiger partial charge in [0.15, 0.2) is 0 Å². The van der Waals surface area contributed by atoms with Crippen LogP contribution in [-0.4, -0.2) is 43.9 Å². The molecule has 23 heavy (non-hydrogen) atoms. The van der Waals surface area contributed by atoms with E-state index in [1.165, 1.54) is 12.8 Å². The van der Waals surface area contributed by atoms with Crippen LogP contribution < -0.4 is 10.2 Å². The first-order valence-corrected chi connectivity index (χ1v) is 8.47. The largest absolute Gasteiger partial charge is 0.341 e. The van der Waals surface area contributed by atoms with E-state index in [1.54, 1.807) is 0 Å². The molecular weight excluding hydrogens is 290 g/mol. The number of aromatic nitrogens is 5. The summed E-state index contributed by atoms with van der Waals surface area (Å²) in [7, 11) is 0. The fourth-order valence-electron chi connectivity index (χ4n) is 3.38. The maximum absolute atomic E-state index is 4.51. The molecule has 0 amide bonds. The van der Waals surface area contributed by atoms with Crippen LogP contribution in [-0.2, 0) is 19.5 Å². The highest BCUT2D eigenvalue weighted by atomic mass is 15.4. The van der Waals surface area contributed by atoms with Gasteiger partial charge in [-0.1, -0.05) is 0 Å². The third kappa shape index (κ3) is 3.19. The molecule has 1 N–H and O–H groups in total. The van der Waals surface area contributed by atoms with E-state index in [1.807, 2.05) is 24.0 Å². The number of anilines is 1. The van der Waals surface area contributed by atoms with Crippen LogP contribution in [0.2, 0.25) is 0 Å². The molecule has 1 saturated heterocycles. The lowest BCUT2D eigenvalue weighted by molar-refractivity contribution is 0.357. The van der Waals surface area contributed by atoms with Crippen molar-refractivity contribution in [1.29, 1.82) is 0 Å². The smallest absolute Gasteiger partial charge is 0.225 e. The van der Waals surface area contributed by atoms with E-state index in [9.17, 15) is 0 Å². The van der Waals surface area contributed by atoms with Gasteiger partial charge >= 0.3 is 0 Å². The van der Waals surface area contributed by atoms with Crippen LogP contribution in [0, 0.1) is 6.92 Å². The summed E-state index contributed by atoms with van der Waals surface area (Å²) in [6.45, 7) is 5.81. The molecule has 0 unspecified atom stereocenters. The molecule has 0 radical (unpaired) electrons. The zero-order chi connectivity index (χ0) is 15.6. The van der Waals surface area contributed by atoms with Gasteiger partial charge in [-0.3, -0.25) is 0 Å². The fraction of sp³-hybridized carbons (Fsp3) is 0.625. The van der Waals surface area contributed by atoms with Gasteiger partial charge in [0.1, 0.15) is 11.6 Å². The Morgan fingerprint density at radius 2 is 2.00 bits per heavy atom. The van der Waals surface area contributed by atoms with E-state index in [0.717, 1.165) is 62.2 Å². The fourth-order valence-corrected chi connectivity index (χ4v) is 3.38. The summed E-state index contributed by atoms with van der Waals surface area (Å²) in [6, 6.07) is 0.432. The van der Waals surface area contributed by atoms with Crippen LogP contribution in [0.1, 0.15) is 36.5 Å². The van der Waals surface area contributed by atoms with Gasteiger partial charge in [0.25, 0.3) is 0 Å². The Morgan fingerprint density at radius 3 is 2.78 bits per heavy atom. The second-order valence-corrected chi connectivity index (χ2v) is 6.46. The summed E-state index contributed by atoms with van der Waals surface area (Å²) in [5.41, 5.74) is 1.13. The van der Waals surface area contributed by atoms with Crippen LogP contribution >= 0.6 is 0 Å². The summed E-state index contributed by atoms with van der Waals surface area (Å²) in [4.78, 5) is 15.7. The minimum atomic E-state index is 0.432. The first-order chi connectivity index (χ1) is 11.3. The summed E-state index contributed by atoms with van der Waals surface area (Å²) in [5, 5.41) is 8.04. The predicted molar refractivity (Wildman–Crippen MR) is 87.2 cm³/mol. The van der Waals surface area contributed by atoms with Crippen LogP contribution in [0.25, 0.3) is 0 Å². The molecule has 2 aromatic heterocycles. The maximum Gasteiger partial charge on any atom is 0.225 e. The molecule has 4 heterocycles. The minimum absolute atomic E-state index is 0.432. The highest BCUT2D eigenvalue weighted by molar-refractivity contribution is 5.30. The van der Waals surface area contributed by atoms with Gasteiger partial charge in [0.05, 0.1) is 6.54 Å². The van der Waals surface area contributed by atoms with Crippen molar-refractivity contribution in [2.24, 2.45) is 0 Å². The Morgan fingerprint density at radius 1 is 1.22 bits per heavy atom.